The van der Waals surface area contributed by atoms with Gasteiger partial charge in [-0.15, -0.1) is 0 Å². The summed E-state index contributed by atoms with van der Waals surface area (Å²) in [7, 11) is 0. The average molecular weight is 309 g/mol. The van der Waals surface area contributed by atoms with Crippen molar-refractivity contribution in [2.75, 3.05) is 0 Å². The lowest BCUT2D eigenvalue weighted by molar-refractivity contribution is 1.28. The Balaban J connectivity index is 0.000000414. The summed E-state index contributed by atoms with van der Waals surface area (Å²) in [4.78, 5) is 4.42. The number of hydrogen-bond donors (Lipinski definition) is 0. The number of aryl methyl sites for hydroxylation is 2. The molecular formula is C22H31N. The second kappa shape index (κ2) is 11.4. The van der Waals surface area contributed by atoms with Crippen molar-refractivity contribution in [1.29, 1.82) is 0 Å². The molecule has 1 aliphatic rings. The predicted octanol–water partition coefficient (Wildman–Crippen LogP) is 6.75. The van der Waals surface area contributed by atoms with Crippen LogP contribution in [0.4, 0.5) is 0 Å². The zero-order valence-corrected chi connectivity index (χ0v) is 15.8. The molecule has 1 aromatic carbocycles. The highest BCUT2D eigenvalue weighted by Gasteiger charge is 2.03. The Bertz CT molecular complexity index is 587. The summed E-state index contributed by atoms with van der Waals surface area (Å²) in [6, 6.07) is 8.48. The van der Waals surface area contributed by atoms with Crippen molar-refractivity contribution in [3.63, 3.8) is 0 Å². The van der Waals surface area contributed by atoms with Crippen LogP contribution in [0.3, 0.4) is 0 Å². The minimum Gasteiger partial charge on any atom is -0.254 e. The molecule has 124 valence electrons. The summed E-state index contributed by atoms with van der Waals surface area (Å²) in [5, 5.41) is 0. The first-order valence-corrected chi connectivity index (χ1v) is 8.23. The summed E-state index contributed by atoms with van der Waals surface area (Å²) in [5.74, 6) is 0. The molecule has 0 radical (unpaired) electrons. The van der Waals surface area contributed by atoms with E-state index in [4.69, 9.17) is 0 Å². The summed E-state index contributed by atoms with van der Waals surface area (Å²) < 4.78 is 0. The average Bonchev–Trinajstić information content (AvgIpc) is 2.55. The molecule has 0 amide bonds. The van der Waals surface area contributed by atoms with Crippen LogP contribution in [0.5, 0.6) is 0 Å². The number of allylic oxidation sites excluding steroid dienone is 7. The monoisotopic (exact) mass is 309 g/mol. The standard InChI is InChI=1S/C12H15N.C8H10.C2H6/c1-5-11(4)13-12-7-6-9(2)8-10(12)3;1-7-3-5-8(2)6-4-7;1-2/h5-8H,3H2,1-2,4H3;3-6H,1-2H3;1-2H3/b11-5-,13-12?;;. The zero-order valence-electron chi connectivity index (χ0n) is 15.8. The van der Waals surface area contributed by atoms with Crippen molar-refractivity contribution in [3.8, 4) is 0 Å². The Kier molecular flexibility index (Phi) is 10.4. The number of rotatable bonds is 1. The van der Waals surface area contributed by atoms with Crippen LogP contribution in [-0.2, 0) is 0 Å². The Morgan fingerprint density at radius 1 is 0.957 bits per heavy atom. The molecule has 1 aliphatic carbocycles. The summed E-state index contributed by atoms with van der Waals surface area (Å²) in [6.45, 7) is 18.2. The van der Waals surface area contributed by atoms with E-state index in [1.807, 2.05) is 45.9 Å². The van der Waals surface area contributed by atoms with Gasteiger partial charge in [-0.3, -0.25) is 4.99 Å². The maximum Gasteiger partial charge on any atom is 0.0699 e. The lowest BCUT2D eigenvalue weighted by Crippen LogP contribution is -2.00. The molecule has 0 atom stereocenters. The maximum absolute atomic E-state index is 4.42. The van der Waals surface area contributed by atoms with Gasteiger partial charge in [0, 0.05) is 5.70 Å². The summed E-state index contributed by atoms with van der Waals surface area (Å²) >= 11 is 0. The van der Waals surface area contributed by atoms with E-state index in [-0.39, 0.29) is 0 Å². The smallest absolute Gasteiger partial charge is 0.0699 e. The molecular weight excluding hydrogens is 278 g/mol. The molecule has 0 aromatic heterocycles. The molecule has 0 bridgehead atoms. The Hall–Kier alpha value is -2.15. The van der Waals surface area contributed by atoms with E-state index in [1.54, 1.807) is 0 Å². The second-order valence-corrected chi connectivity index (χ2v) is 5.33. The summed E-state index contributed by atoms with van der Waals surface area (Å²) in [5.41, 5.74) is 6.85. The fourth-order valence-electron chi connectivity index (χ4n) is 1.71. The van der Waals surface area contributed by atoms with Gasteiger partial charge in [-0.2, -0.15) is 0 Å². The van der Waals surface area contributed by atoms with Gasteiger partial charge in [-0.05, 0) is 46.3 Å². The molecule has 0 spiro atoms. The molecule has 0 saturated heterocycles. The highest BCUT2D eigenvalue weighted by molar-refractivity contribution is 6.11. The van der Waals surface area contributed by atoms with Gasteiger partial charge in [0.25, 0.3) is 0 Å². The molecule has 0 saturated carbocycles. The van der Waals surface area contributed by atoms with E-state index in [9.17, 15) is 0 Å². The van der Waals surface area contributed by atoms with Crippen molar-refractivity contribution >= 4 is 5.71 Å². The van der Waals surface area contributed by atoms with Crippen LogP contribution in [0.1, 0.15) is 45.7 Å². The van der Waals surface area contributed by atoms with Gasteiger partial charge in [0.05, 0.1) is 5.71 Å². The van der Waals surface area contributed by atoms with E-state index in [0.717, 1.165) is 17.0 Å². The van der Waals surface area contributed by atoms with Crippen molar-refractivity contribution in [3.05, 3.63) is 83.1 Å². The van der Waals surface area contributed by atoms with Crippen LogP contribution in [0, 0.1) is 13.8 Å². The van der Waals surface area contributed by atoms with Gasteiger partial charge in [0.2, 0.25) is 0 Å². The van der Waals surface area contributed by atoms with Gasteiger partial charge >= 0.3 is 0 Å². The lowest BCUT2D eigenvalue weighted by Gasteiger charge is -2.07. The van der Waals surface area contributed by atoms with Gasteiger partial charge < -0.3 is 0 Å². The SMILES string of the molecule is C=C1C=C(C)C=CC1=N/C(C)=C\C.CC.Cc1ccc(C)cc1. The van der Waals surface area contributed by atoms with Crippen LogP contribution in [0.25, 0.3) is 0 Å². The van der Waals surface area contributed by atoms with Crippen molar-refractivity contribution in [2.24, 2.45) is 4.99 Å². The molecule has 1 heteroatoms. The molecule has 0 fully saturated rings. The normalized spacial score (nSPS) is 15.3. The third kappa shape index (κ3) is 8.77. The minimum absolute atomic E-state index is 0.959. The highest BCUT2D eigenvalue weighted by atomic mass is 14.7. The number of nitrogens with zero attached hydrogens (tertiary/aromatic N) is 1. The lowest BCUT2D eigenvalue weighted by atomic mass is 10.0. The third-order valence-electron chi connectivity index (χ3n) is 3.17. The van der Waals surface area contributed by atoms with E-state index in [0.29, 0.717) is 0 Å². The fraction of sp³-hybridized carbons (Fsp3) is 0.318. The quantitative estimate of drug-likeness (QED) is 0.544. The van der Waals surface area contributed by atoms with Crippen LogP contribution >= 0.6 is 0 Å². The van der Waals surface area contributed by atoms with Gasteiger partial charge in [0.1, 0.15) is 0 Å². The predicted molar refractivity (Wildman–Crippen MR) is 106 cm³/mol. The molecule has 2 rings (SSSR count). The molecule has 0 aliphatic heterocycles. The first-order valence-electron chi connectivity index (χ1n) is 8.23. The third-order valence-corrected chi connectivity index (χ3v) is 3.17. The van der Waals surface area contributed by atoms with Crippen LogP contribution in [-0.4, -0.2) is 5.71 Å². The van der Waals surface area contributed by atoms with Crippen molar-refractivity contribution < 1.29 is 0 Å². The molecule has 1 nitrogen and oxygen atoms in total. The summed E-state index contributed by atoms with van der Waals surface area (Å²) in [6.07, 6.45) is 8.09. The topological polar surface area (TPSA) is 12.4 Å². The van der Waals surface area contributed by atoms with Gasteiger partial charge in [-0.25, -0.2) is 0 Å². The van der Waals surface area contributed by atoms with E-state index in [1.165, 1.54) is 16.7 Å². The Labute approximate surface area is 142 Å². The van der Waals surface area contributed by atoms with Crippen molar-refractivity contribution in [1.82, 2.24) is 0 Å². The number of benzene rings is 1. The van der Waals surface area contributed by atoms with Gasteiger partial charge in [-0.1, -0.05) is 79.6 Å². The zero-order chi connectivity index (χ0) is 17.8. The highest BCUT2D eigenvalue weighted by Crippen LogP contribution is 2.13. The Morgan fingerprint density at radius 3 is 1.83 bits per heavy atom. The molecule has 1 aromatic rings. The van der Waals surface area contributed by atoms with Gasteiger partial charge in [0.15, 0.2) is 0 Å². The Morgan fingerprint density at radius 2 is 1.43 bits per heavy atom. The number of aliphatic imine (C=N–C) groups is 1. The first-order chi connectivity index (χ1) is 10.9. The second-order valence-electron chi connectivity index (χ2n) is 5.33. The van der Waals surface area contributed by atoms with E-state index >= 15 is 0 Å². The fourth-order valence-corrected chi connectivity index (χ4v) is 1.71. The van der Waals surface area contributed by atoms with Crippen molar-refractivity contribution in [2.45, 2.75) is 48.5 Å². The largest absolute Gasteiger partial charge is 0.254 e. The minimum atomic E-state index is 0.959. The van der Waals surface area contributed by atoms with Crippen LogP contribution in [0.2, 0.25) is 0 Å². The maximum atomic E-state index is 4.42. The van der Waals surface area contributed by atoms with E-state index in [2.05, 4.69) is 62.7 Å². The molecule has 0 N–H and O–H groups in total. The first kappa shape index (κ1) is 20.9. The van der Waals surface area contributed by atoms with Crippen LogP contribution in [0.15, 0.2) is 77.0 Å². The van der Waals surface area contributed by atoms with E-state index < -0.39 is 0 Å². The molecule has 0 heterocycles. The molecule has 0 unspecified atom stereocenters. The van der Waals surface area contributed by atoms with Crippen LogP contribution < -0.4 is 0 Å². The molecule has 23 heavy (non-hydrogen) atoms. The number of hydrogen-bond acceptors (Lipinski definition) is 1.